The number of benzene rings is 1. The average molecular weight is 232 g/mol. The van der Waals surface area contributed by atoms with Crippen LogP contribution in [0.15, 0.2) is 24.3 Å². The Morgan fingerprint density at radius 1 is 1.24 bits per heavy atom. The van der Waals surface area contributed by atoms with Gasteiger partial charge in [-0.1, -0.05) is 29.8 Å². The van der Waals surface area contributed by atoms with Crippen LogP contribution < -0.4 is 11.1 Å². The van der Waals surface area contributed by atoms with Crippen LogP contribution >= 0.6 is 0 Å². The van der Waals surface area contributed by atoms with Gasteiger partial charge in [0.1, 0.15) is 0 Å². The number of rotatable bonds is 4. The van der Waals surface area contributed by atoms with Gasteiger partial charge in [-0.3, -0.25) is 0 Å². The maximum absolute atomic E-state index is 5.91. The van der Waals surface area contributed by atoms with E-state index < -0.39 is 0 Å². The summed E-state index contributed by atoms with van der Waals surface area (Å²) in [6, 6.07) is 9.18. The van der Waals surface area contributed by atoms with Crippen LogP contribution in [0.4, 0.5) is 0 Å². The van der Waals surface area contributed by atoms with Crippen LogP contribution in [-0.2, 0) is 6.54 Å². The molecule has 0 heterocycles. The quantitative estimate of drug-likeness (QED) is 0.837. The molecule has 0 aliphatic heterocycles. The third-order valence-corrected chi connectivity index (χ3v) is 3.74. The van der Waals surface area contributed by atoms with Crippen LogP contribution in [0.5, 0.6) is 0 Å². The fraction of sp³-hybridized carbons (Fsp3) is 0.600. The van der Waals surface area contributed by atoms with Crippen LogP contribution in [0, 0.1) is 12.8 Å². The predicted octanol–water partition coefficient (Wildman–Crippen LogP) is 2.60. The summed E-state index contributed by atoms with van der Waals surface area (Å²) in [6.07, 6.45) is 5.00. The SMILES string of the molecule is Cc1cccc(CNCC2CCC(N)CC2)c1. The van der Waals surface area contributed by atoms with E-state index in [1.165, 1.54) is 36.8 Å². The Morgan fingerprint density at radius 2 is 2.00 bits per heavy atom. The Labute approximate surface area is 105 Å². The summed E-state index contributed by atoms with van der Waals surface area (Å²) in [5.74, 6) is 0.833. The largest absolute Gasteiger partial charge is 0.328 e. The minimum absolute atomic E-state index is 0.461. The van der Waals surface area contributed by atoms with E-state index in [9.17, 15) is 0 Å². The Kier molecular flexibility index (Phi) is 4.57. The first-order valence-corrected chi connectivity index (χ1v) is 6.76. The molecule has 0 saturated heterocycles. The number of nitrogens with two attached hydrogens (primary N) is 1. The molecular weight excluding hydrogens is 208 g/mol. The fourth-order valence-electron chi connectivity index (χ4n) is 2.64. The third-order valence-electron chi connectivity index (χ3n) is 3.74. The zero-order valence-electron chi connectivity index (χ0n) is 10.8. The van der Waals surface area contributed by atoms with Crippen molar-refractivity contribution in [3.8, 4) is 0 Å². The van der Waals surface area contributed by atoms with Gasteiger partial charge in [0, 0.05) is 12.6 Å². The van der Waals surface area contributed by atoms with Crippen molar-refractivity contribution in [3.63, 3.8) is 0 Å². The minimum atomic E-state index is 0.461. The molecule has 0 spiro atoms. The van der Waals surface area contributed by atoms with Gasteiger partial charge in [0.15, 0.2) is 0 Å². The predicted molar refractivity (Wildman–Crippen MR) is 72.8 cm³/mol. The second kappa shape index (κ2) is 6.18. The molecule has 1 aromatic rings. The first kappa shape index (κ1) is 12.6. The molecular formula is C15H24N2. The van der Waals surface area contributed by atoms with Gasteiger partial charge in [-0.2, -0.15) is 0 Å². The Bertz CT molecular complexity index is 341. The van der Waals surface area contributed by atoms with Gasteiger partial charge >= 0.3 is 0 Å². The van der Waals surface area contributed by atoms with E-state index in [4.69, 9.17) is 5.73 Å². The second-order valence-corrected chi connectivity index (χ2v) is 5.40. The zero-order valence-corrected chi connectivity index (χ0v) is 10.8. The van der Waals surface area contributed by atoms with Gasteiger partial charge in [-0.05, 0) is 50.6 Å². The lowest BCUT2D eigenvalue weighted by Gasteiger charge is -2.26. The van der Waals surface area contributed by atoms with Gasteiger partial charge in [0.05, 0.1) is 0 Å². The molecule has 2 heteroatoms. The third kappa shape index (κ3) is 4.14. The lowest BCUT2D eigenvalue weighted by Crippen LogP contribution is -2.31. The molecule has 0 unspecified atom stereocenters. The zero-order chi connectivity index (χ0) is 12.1. The van der Waals surface area contributed by atoms with Crippen molar-refractivity contribution >= 4 is 0 Å². The van der Waals surface area contributed by atoms with Crippen molar-refractivity contribution in [2.75, 3.05) is 6.54 Å². The van der Waals surface area contributed by atoms with Gasteiger partial charge in [-0.15, -0.1) is 0 Å². The maximum atomic E-state index is 5.91. The Morgan fingerprint density at radius 3 is 2.71 bits per heavy atom. The van der Waals surface area contributed by atoms with Crippen LogP contribution in [0.3, 0.4) is 0 Å². The van der Waals surface area contributed by atoms with Crippen molar-refractivity contribution in [2.45, 2.75) is 45.2 Å². The van der Waals surface area contributed by atoms with E-state index in [1.54, 1.807) is 0 Å². The maximum Gasteiger partial charge on any atom is 0.0205 e. The van der Waals surface area contributed by atoms with Gasteiger partial charge in [-0.25, -0.2) is 0 Å². The Hall–Kier alpha value is -0.860. The van der Waals surface area contributed by atoms with E-state index >= 15 is 0 Å². The molecule has 0 bridgehead atoms. The highest BCUT2D eigenvalue weighted by atomic mass is 14.9. The average Bonchev–Trinajstić information content (AvgIpc) is 2.32. The fourth-order valence-corrected chi connectivity index (χ4v) is 2.64. The topological polar surface area (TPSA) is 38.0 Å². The van der Waals surface area contributed by atoms with Crippen molar-refractivity contribution in [1.29, 1.82) is 0 Å². The van der Waals surface area contributed by atoms with E-state index in [1.807, 2.05) is 0 Å². The molecule has 17 heavy (non-hydrogen) atoms. The first-order valence-electron chi connectivity index (χ1n) is 6.76. The summed E-state index contributed by atoms with van der Waals surface area (Å²) in [6.45, 7) is 4.27. The van der Waals surface area contributed by atoms with Crippen molar-refractivity contribution in [3.05, 3.63) is 35.4 Å². The Balaban J connectivity index is 1.69. The van der Waals surface area contributed by atoms with Gasteiger partial charge in [0.2, 0.25) is 0 Å². The summed E-state index contributed by atoms with van der Waals surface area (Å²) >= 11 is 0. The molecule has 1 fully saturated rings. The summed E-state index contributed by atoms with van der Waals surface area (Å²) in [5.41, 5.74) is 8.64. The van der Waals surface area contributed by atoms with Crippen molar-refractivity contribution < 1.29 is 0 Å². The molecule has 2 rings (SSSR count). The summed E-state index contributed by atoms with van der Waals surface area (Å²) in [7, 11) is 0. The van der Waals surface area contributed by atoms with Crippen LogP contribution in [-0.4, -0.2) is 12.6 Å². The molecule has 1 aliphatic carbocycles. The number of nitrogens with one attached hydrogen (secondary N) is 1. The summed E-state index contributed by atoms with van der Waals surface area (Å²) in [5, 5.41) is 3.57. The molecule has 94 valence electrons. The standard InChI is InChI=1S/C15H24N2/c1-12-3-2-4-14(9-12)11-17-10-13-5-7-15(16)8-6-13/h2-4,9,13,15,17H,5-8,10-11,16H2,1H3. The van der Waals surface area contributed by atoms with E-state index in [-0.39, 0.29) is 0 Å². The molecule has 0 radical (unpaired) electrons. The molecule has 2 nitrogen and oxygen atoms in total. The normalized spacial score (nSPS) is 24.8. The lowest BCUT2D eigenvalue weighted by atomic mass is 9.86. The number of hydrogen-bond donors (Lipinski definition) is 2. The smallest absolute Gasteiger partial charge is 0.0205 e. The van der Waals surface area contributed by atoms with E-state index in [2.05, 4.69) is 36.5 Å². The molecule has 0 amide bonds. The molecule has 3 N–H and O–H groups in total. The highest BCUT2D eigenvalue weighted by Gasteiger charge is 2.17. The number of aryl methyl sites for hydroxylation is 1. The highest BCUT2D eigenvalue weighted by Crippen LogP contribution is 2.22. The molecule has 1 aliphatic rings. The van der Waals surface area contributed by atoms with Gasteiger partial charge in [0.25, 0.3) is 0 Å². The monoisotopic (exact) mass is 232 g/mol. The van der Waals surface area contributed by atoms with Crippen molar-refractivity contribution in [1.82, 2.24) is 5.32 Å². The number of hydrogen-bond acceptors (Lipinski definition) is 2. The molecule has 0 aromatic heterocycles. The second-order valence-electron chi connectivity index (χ2n) is 5.40. The molecule has 1 aromatic carbocycles. The van der Waals surface area contributed by atoms with Crippen LogP contribution in [0.2, 0.25) is 0 Å². The van der Waals surface area contributed by atoms with Crippen molar-refractivity contribution in [2.24, 2.45) is 11.7 Å². The van der Waals surface area contributed by atoms with Crippen LogP contribution in [0.25, 0.3) is 0 Å². The van der Waals surface area contributed by atoms with Crippen LogP contribution in [0.1, 0.15) is 36.8 Å². The molecule has 1 saturated carbocycles. The van der Waals surface area contributed by atoms with E-state index in [0.717, 1.165) is 19.0 Å². The summed E-state index contributed by atoms with van der Waals surface area (Å²) < 4.78 is 0. The highest BCUT2D eigenvalue weighted by molar-refractivity contribution is 5.21. The molecule has 0 atom stereocenters. The minimum Gasteiger partial charge on any atom is -0.328 e. The lowest BCUT2D eigenvalue weighted by molar-refractivity contribution is 0.314. The summed E-state index contributed by atoms with van der Waals surface area (Å²) in [4.78, 5) is 0. The first-order chi connectivity index (χ1) is 8.24. The van der Waals surface area contributed by atoms with Gasteiger partial charge < -0.3 is 11.1 Å². The van der Waals surface area contributed by atoms with E-state index in [0.29, 0.717) is 6.04 Å².